The van der Waals surface area contributed by atoms with Gasteiger partial charge in [-0.05, 0) is 62.5 Å². The second kappa shape index (κ2) is 7.97. The number of hydrogen-bond acceptors (Lipinski definition) is 4. The molecule has 1 aliphatic rings. The van der Waals surface area contributed by atoms with Gasteiger partial charge in [-0.1, -0.05) is 24.1 Å². The molecule has 1 aromatic heterocycles. The number of ether oxygens (including phenoxy) is 1. The first-order valence-electron chi connectivity index (χ1n) is 8.46. The highest BCUT2D eigenvalue weighted by atomic mass is 32.1. The zero-order chi connectivity index (χ0) is 17.8. The van der Waals surface area contributed by atoms with Crippen molar-refractivity contribution in [2.24, 2.45) is 0 Å². The largest absolute Gasteiger partial charge is 0.465 e. The minimum Gasteiger partial charge on any atom is -0.465 e. The molecule has 1 heterocycles. The maximum atomic E-state index is 12.3. The van der Waals surface area contributed by atoms with Gasteiger partial charge in [-0.25, -0.2) is 4.79 Å². The molecule has 0 bridgehead atoms. The molecule has 1 aliphatic carbocycles. The van der Waals surface area contributed by atoms with Crippen molar-refractivity contribution >= 4 is 45.3 Å². The van der Waals surface area contributed by atoms with Crippen LogP contribution in [0.1, 0.15) is 45.6 Å². The fourth-order valence-corrected chi connectivity index (χ4v) is 4.62. The van der Waals surface area contributed by atoms with Gasteiger partial charge in [-0.2, -0.15) is 0 Å². The van der Waals surface area contributed by atoms with Crippen LogP contribution in [-0.2, 0) is 17.6 Å². The highest BCUT2D eigenvalue weighted by molar-refractivity contribution is 7.80. The van der Waals surface area contributed by atoms with Gasteiger partial charge >= 0.3 is 5.97 Å². The molecule has 25 heavy (non-hydrogen) atoms. The Morgan fingerprint density at radius 1 is 1.12 bits per heavy atom. The van der Waals surface area contributed by atoms with Gasteiger partial charge in [0.05, 0.1) is 12.7 Å². The molecule has 132 valence electrons. The van der Waals surface area contributed by atoms with E-state index in [1.54, 1.807) is 11.3 Å². The summed E-state index contributed by atoms with van der Waals surface area (Å²) in [4.78, 5) is 13.6. The van der Waals surface area contributed by atoms with Crippen molar-refractivity contribution < 1.29 is 9.53 Å². The normalized spacial score (nSPS) is 13.5. The number of fused-ring (bicyclic) bond motifs is 1. The van der Waals surface area contributed by atoms with E-state index in [2.05, 4.69) is 10.6 Å². The first kappa shape index (κ1) is 17.9. The molecule has 0 spiro atoms. The molecule has 4 nitrogen and oxygen atoms in total. The Kier molecular flexibility index (Phi) is 5.71. The van der Waals surface area contributed by atoms with Gasteiger partial charge in [-0.15, -0.1) is 11.3 Å². The molecule has 6 heteroatoms. The summed E-state index contributed by atoms with van der Waals surface area (Å²) in [6.45, 7) is 2.04. The van der Waals surface area contributed by atoms with E-state index in [-0.39, 0.29) is 5.97 Å². The van der Waals surface area contributed by atoms with E-state index in [9.17, 15) is 4.79 Å². The summed E-state index contributed by atoms with van der Waals surface area (Å²) >= 11 is 7.05. The zero-order valence-corrected chi connectivity index (χ0v) is 16.1. The van der Waals surface area contributed by atoms with Gasteiger partial charge in [0.25, 0.3) is 0 Å². The van der Waals surface area contributed by atoms with Crippen molar-refractivity contribution in [2.45, 2.75) is 39.0 Å². The van der Waals surface area contributed by atoms with E-state index in [0.717, 1.165) is 35.5 Å². The third-order valence-corrected chi connectivity index (χ3v) is 5.76. The summed E-state index contributed by atoms with van der Waals surface area (Å²) in [5.74, 6) is -0.292. The van der Waals surface area contributed by atoms with Crippen LogP contribution in [0, 0.1) is 6.92 Å². The van der Waals surface area contributed by atoms with Gasteiger partial charge in [0.15, 0.2) is 5.11 Å². The van der Waals surface area contributed by atoms with Gasteiger partial charge in [0.1, 0.15) is 5.00 Å². The molecule has 0 aliphatic heterocycles. The van der Waals surface area contributed by atoms with Crippen molar-refractivity contribution in [2.75, 3.05) is 17.7 Å². The number of methoxy groups -OCH3 is 1. The maximum Gasteiger partial charge on any atom is 0.341 e. The third-order valence-electron chi connectivity index (χ3n) is 4.35. The van der Waals surface area contributed by atoms with Gasteiger partial charge in [0.2, 0.25) is 0 Å². The van der Waals surface area contributed by atoms with Crippen LogP contribution in [0.2, 0.25) is 0 Å². The van der Waals surface area contributed by atoms with Crippen molar-refractivity contribution in [1.82, 2.24) is 0 Å². The summed E-state index contributed by atoms with van der Waals surface area (Å²) in [5, 5.41) is 7.63. The quantitative estimate of drug-likeness (QED) is 0.454. The smallest absolute Gasteiger partial charge is 0.341 e. The summed E-state index contributed by atoms with van der Waals surface area (Å²) in [6, 6.07) is 8.01. The number of rotatable bonds is 3. The molecule has 1 aromatic carbocycles. The highest BCUT2D eigenvalue weighted by Gasteiger charge is 2.25. The van der Waals surface area contributed by atoms with Gasteiger partial charge < -0.3 is 15.4 Å². The fraction of sp³-hybridized carbons (Fsp3) is 0.368. The number of benzene rings is 1. The number of hydrogen-bond donors (Lipinski definition) is 2. The second-order valence-electron chi connectivity index (χ2n) is 6.21. The summed E-state index contributed by atoms with van der Waals surface area (Å²) in [7, 11) is 1.43. The lowest BCUT2D eigenvalue weighted by molar-refractivity contribution is 0.0601. The number of esters is 1. The summed E-state index contributed by atoms with van der Waals surface area (Å²) in [5.41, 5.74) is 3.90. The molecule has 3 rings (SSSR count). The maximum absolute atomic E-state index is 12.3. The predicted molar refractivity (Wildman–Crippen MR) is 108 cm³/mol. The molecule has 0 fully saturated rings. The van der Waals surface area contributed by atoms with Crippen LogP contribution >= 0.6 is 23.6 Å². The third kappa shape index (κ3) is 4.19. The highest BCUT2D eigenvalue weighted by Crippen LogP contribution is 2.38. The van der Waals surface area contributed by atoms with Crippen molar-refractivity contribution in [3.63, 3.8) is 0 Å². The lowest BCUT2D eigenvalue weighted by Gasteiger charge is -2.11. The Morgan fingerprint density at radius 2 is 1.84 bits per heavy atom. The number of carbonyl (C=O) groups excluding carboxylic acids is 1. The van der Waals surface area contributed by atoms with Crippen LogP contribution in [-0.4, -0.2) is 18.2 Å². The van der Waals surface area contributed by atoms with E-state index in [1.807, 2.05) is 31.2 Å². The van der Waals surface area contributed by atoms with Crippen LogP contribution in [0.3, 0.4) is 0 Å². The van der Waals surface area contributed by atoms with Crippen LogP contribution in [0.15, 0.2) is 24.3 Å². The Morgan fingerprint density at radius 3 is 2.56 bits per heavy atom. The minimum atomic E-state index is -0.292. The lowest BCUT2D eigenvalue weighted by Crippen LogP contribution is -2.20. The number of anilines is 2. The van der Waals surface area contributed by atoms with Crippen molar-refractivity contribution in [3.05, 3.63) is 45.8 Å². The predicted octanol–water partition coefficient (Wildman–Crippen LogP) is 4.92. The van der Waals surface area contributed by atoms with E-state index in [0.29, 0.717) is 10.7 Å². The monoisotopic (exact) mass is 374 g/mol. The molecule has 0 radical (unpaired) electrons. The molecule has 0 unspecified atom stereocenters. The van der Waals surface area contributed by atoms with Crippen molar-refractivity contribution in [3.8, 4) is 0 Å². The van der Waals surface area contributed by atoms with Crippen LogP contribution < -0.4 is 10.6 Å². The Balaban J connectivity index is 1.82. The molecule has 0 atom stereocenters. The molecule has 2 N–H and O–H groups in total. The lowest BCUT2D eigenvalue weighted by atomic mass is 10.1. The molecule has 0 saturated carbocycles. The fourth-order valence-electron chi connectivity index (χ4n) is 3.05. The average Bonchev–Trinajstić information content (AvgIpc) is 2.77. The first-order valence-corrected chi connectivity index (χ1v) is 9.68. The van der Waals surface area contributed by atoms with E-state index < -0.39 is 0 Å². The standard InChI is InChI=1S/C19H22N2O2S2/c1-12-8-10-13(11-9-12)20-19(24)21-17-16(18(22)23-2)14-6-4-3-5-7-15(14)25-17/h8-11H,3-7H2,1-2H3,(H2,20,21,24). The Bertz CT molecular complexity index is 781. The summed E-state index contributed by atoms with van der Waals surface area (Å²) < 4.78 is 5.02. The SMILES string of the molecule is COC(=O)c1c(NC(=S)Nc2ccc(C)cc2)sc2c1CCCCC2. The number of carbonyl (C=O) groups is 1. The molecule has 0 amide bonds. The second-order valence-corrected chi connectivity index (χ2v) is 7.72. The Labute approximate surface area is 157 Å². The topological polar surface area (TPSA) is 50.4 Å². The van der Waals surface area contributed by atoms with Gasteiger partial charge in [0, 0.05) is 10.6 Å². The van der Waals surface area contributed by atoms with Crippen LogP contribution in [0.4, 0.5) is 10.7 Å². The molecular weight excluding hydrogens is 352 g/mol. The van der Waals surface area contributed by atoms with Crippen LogP contribution in [0.5, 0.6) is 0 Å². The average molecular weight is 375 g/mol. The number of aryl methyl sites for hydroxylation is 2. The van der Waals surface area contributed by atoms with Crippen molar-refractivity contribution in [1.29, 1.82) is 0 Å². The number of thiophene rings is 1. The van der Waals surface area contributed by atoms with E-state index in [1.165, 1.54) is 30.4 Å². The summed E-state index contributed by atoms with van der Waals surface area (Å²) in [6.07, 6.45) is 5.43. The minimum absolute atomic E-state index is 0.292. The van der Waals surface area contributed by atoms with Gasteiger partial charge in [-0.3, -0.25) is 0 Å². The zero-order valence-electron chi connectivity index (χ0n) is 14.5. The Hall–Kier alpha value is -1.92. The number of thiocarbonyl (C=S) groups is 1. The van der Waals surface area contributed by atoms with E-state index in [4.69, 9.17) is 17.0 Å². The molecule has 0 saturated heterocycles. The van der Waals surface area contributed by atoms with Crippen LogP contribution in [0.25, 0.3) is 0 Å². The van der Waals surface area contributed by atoms with E-state index >= 15 is 0 Å². The number of nitrogens with one attached hydrogen (secondary N) is 2. The molecular formula is C19H22N2O2S2. The molecule has 2 aromatic rings. The first-order chi connectivity index (χ1) is 12.1.